The summed E-state index contributed by atoms with van der Waals surface area (Å²) in [4.78, 5) is 29.2. The Morgan fingerprint density at radius 2 is 1.68 bits per heavy atom. The Labute approximate surface area is 212 Å². The van der Waals surface area contributed by atoms with Gasteiger partial charge in [0.1, 0.15) is 5.82 Å². The van der Waals surface area contributed by atoms with Gasteiger partial charge in [0.25, 0.3) is 0 Å². The molecule has 2 aliphatic heterocycles. The summed E-state index contributed by atoms with van der Waals surface area (Å²) in [5.74, 6) is -3.92. The standard InChI is InChI=1S/C18H24N4O2.2C2HF3O2/c1-2-5-19-16(3-1)13-24-12-15-9-21-7-6-20-18(21)11-22(10-15)17-4-8-23-14-17;2*3-2(4,5)1(6)7/h1-3,5-7,15,17H,4,8-14H2;2*(H,6,7). The average molecular weight is 556 g/mol. The predicted octanol–water partition coefficient (Wildman–Crippen LogP) is 2.98. The number of rotatable bonds is 5. The number of aromatic nitrogens is 3. The molecule has 0 aromatic carbocycles. The molecule has 0 radical (unpaired) electrons. The van der Waals surface area contributed by atoms with Gasteiger partial charge in [0.15, 0.2) is 0 Å². The molecular formula is C22H26F6N4O6. The van der Waals surface area contributed by atoms with Crippen LogP contribution in [0.25, 0.3) is 0 Å². The molecule has 16 heteroatoms. The SMILES string of the molecule is O=C(O)C(F)(F)F.O=C(O)C(F)(F)F.c1ccc(COCC2CN(C3CCOC3)Cc3nccn3C2)nc1. The minimum absolute atomic E-state index is 0.449. The Kier molecular flexibility index (Phi) is 11.5. The molecule has 2 unspecified atom stereocenters. The van der Waals surface area contributed by atoms with Crippen LogP contribution in [0, 0.1) is 5.92 Å². The third-order valence-corrected chi connectivity index (χ3v) is 5.33. The van der Waals surface area contributed by atoms with Crippen LogP contribution in [0.3, 0.4) is 0 Å². The van der Waals surface area contributed by atoms with E-state index in [1.807, 2.05) is 30.6 Å². The van der Waals surface area contributed by atoms with Crippen molar-refractivity contribution in [2.24, 2.45) is 5.92 Å². The molecule has 0 bridgehead atoms. The first-order valence-electron chi connectivity index (χ1n) is 11.2. The van der Waals surface area contributed by atoms with Crippen molar-refractivity contribution in [2.45, 2.75) is 44.5 Å². The summed E-state index contributed by atoms with van der Waals surface area (Å²) in [5.41, 5.74) is 0.982. The van der Waals surface area contributed by atoms with Gasteiger partial charge in [-0.25, -0.2) is 14.6 Å². The van der Waals surface area contributed by atoms with Crippen molar-refractivity contribution in [1.29, 1.82) is 0 Å². The Balaban J connectivity index is 0.000000301. The molecule has 38 heavy (non-hydrogen) atoms. The molecule has 2 aliphatic rings. The quantitative estimate of drug-likeness (QED) is 0.535. The van der Waals surface area contributed by atoms with Gasteiger partial charge in [-0.3, -0.25) is 9.88 Å². The van der Waals surface area contributed by atoms with E-state index in [1.54, 1.807) is 0 Å². The van der Waals surface area contributed by atoms with Crippen LogP contribution >= 0.6 is 0 Å². The maximum Gasteiger partial charge on any atom is 0.490 e. The Hall–Kier alpha value is -3.24. The van der Waals surface area contributed by atoms with Crippen LogP contribution < -0.4 is 0 Å². The summed E-state index contributed by atoms with van der Waals surface area (Å²) < 4.78 is 77.3. The van der Waals surface area contributed by atoms with E-state index in [2.05, 4.69) is 25.6 Å². The summed E-state index contributed by atoms with van der Waals surface area (Å²) in [7, 11) is 0. The highest BCUT2D eigenvalue weighted by Gasteiger charge is 2.39. The number of aliphatic carboxylic acids is 2. The number of carboxylic acids is 2. The molecule has 2 N–H and O–H groups in total. The first kappa shape index (κ1) is 31.0. The number of hydrogen-bond donors (Lipinski definition) is 2. The molecule has 1 fully saturated rings. The Morgan fingerprint density at radius 1 is 1.03 bits per heavy atom. The fourth-order valence-electron chi connectivity index (χ4n) is 3.58. The highest BCUT2D eigenvalue weighted by Crippen LogP contribution is 2.22. The minimum Gasteiger partial charge on any atom is -0.475 e. The van der Waals surface area contributed by atoms with Gasteiger partial charge in [0.05, 0.1) is 32.1 Å². The zero-order chi connectivity index (χ0) is 28.3. The lowest BCUT2D eigenvalue weighted by atomic mass is 10.1. The zero-order valence-electron chi connectivity index (χ0n) is 19.9. The third-order valence-electron chi connectivity index (χ3n) is 5.33. The van der Waals surface area contributed by atoms with Crippen molar-refractivity contribution in [1.82, 2.24) is 19.4 Å². The van der Waals surface area contributed by atoms with Crippen LogP contribution in [0.5, 0.6) is 0 Å². The lowest BCUT2D eigenvalue weighted by molar-refractivity contribution is -0.193. The van der Waals surface area contributed by atoms with Gasteiger partial charge in [-0.05, 0) is 18.6 Å². The van der Waals surface area contributed by atoms with Crippen LogP contribution in [0.4, 0.5) is 26.3 Å². The van der Waals surface area contributed by atoms with Crippen LogP contribution in [0.2, 0.25) is 0 Å². The molecule has 0 spiro atoms. The lowest BCUT2D eigenvalue weighted by Crippen LogP contribution is -2.39. The van der Waals surface area contributed by atoms with E-state index in [-0.39, 0.29) is 0 Å². The summed E-state index contributed by atoms with van der Waals surface area (Å²) >= 11 is 0. The first-order valence-corrected chi connectivity index (χ1v) is 11.2. The number of carboxylic acid groups (broad SMARTS) is 2. The average Bonchev–Trinajstić information content (AvgIpc) is 3.49. The number of imidazole rings is 1. The molecule has 10 nitrogen and oxygen atoms in total. The highest BCUT2D eigenvalue weighted by molar-refractivity contribution is 5.73. The van der Waals surface area contributed by atoms with E-state index >= 15 is 0 Å². The van der Waals surface area contributed by atoms with Crippen LogP contribution in [-0.2, 0) is 38.8 Å². The van der Waals surface area contributed by atoms with E-state index in [4.69, 9.17) is 29.3 Å². The molecule has 4 heterocycles. The molecule has 0 aliphatic carbocycles. The Morgan fingerprint density at radius 3 is 2.21 bits per heavy atom. The largest absolute Gasteiger partial charge is 0.490 e. The van der Waals surface area contributed by atoms with Crippen LogP contribution in [-0.4, -0.2) is 86.3 Å². The second-order valence-corrected chi connectivity index (χ2v) is 8.25. The molecule has 1 saturated heterocycles. The number of pyridine rings is 1. The van der Waals surface area contributed by atoms with E-state index in [0.717, 1.165) is 57.4 Å². The minimum atomic E-state index is -5.08. The summed E-state index contributed by atoms with van der Waals surface area (Å²) in [5, 5.41) is 14.2. The predicted molar refractivity (Wildman–Crippen MR) is 117 cm³/mol. The fraction of sp³-hybridized carbons (Fsp3) is 0.545. The zero-order valence-corrected chi connectivity index (χ0v) is 19.9. The maximum atomic E-state index is 10.6. The Bertz CT molecular complexity index is 988. The molecule has 2 aromatic heterocycles. The number of ether oxygens (including phenoxy) is 2. The topological polar surface area (TPSA) is 127 Å². The first-order chi connectivity index (χ1) is 17.8. The summed E-state index contributed by atoms with van der Waals surface area (Å²) in [6.45, 7) is 5.90. The normalized spacial score (nSPS) is 19.7. The van der Waals surface area contributed by atoms with Gasteiger partial charge in [0, 0.05) is 50.2 Å². The summed E-state index contributed by atoms with van der Waals surface area (Å²) in [6, 6.07) is 6.43. The van der Waals surface area contributed by atoms with E-state index in [1.165, 1.54) is 0 Å². The van der Waals surface area contributed by atoms with Gasteiger partial charge < -0.3 is 24.3 Å². The molecule has 212 valence electrons. The number of carbonyl (C=O) groups is 2. The van der Waals surface area contributed by atoms with Crippen LogP contribution in [0.15, 0.2) is 36.8 Å². The second-order valence-electron chi connectivity index (χ2n) is 8.25. The molecule has 0 amide bonds. The van der Waals surface area contributed by atoms with Crippen molar-refractivity contribution >= 4 is 11.9 Å². The van der Waals surface area contributed by atoms with Crippen molar-refractivity contribution in [3.63, 3.8) is 0 Å². The van der Waals surface area contributed by atoms with Crippen molar-refractivity contribution in [3.8, 4) is 0 Å². The number of halogens is 6. The second kappa shape index (κ2) is 14.1. The number of alkyl halides is 6. The van der Waals surface area contributed by atoms with E-state index in [0.29, 0.717) is 18.6 Å². The lowest BCUT2D eigenvalue weighted by Gasteiger charge is -2.28. The van der Waals surface area contributed by atoms with Crippen molar-refractivity contribution in [2.75, 3.05) is 26.4 Å². The van der Waals surface area contributed by atoms with E-state index in [9.17, 15) is 26.3 Å². The third kappa shape index (κ3) is 10.6. The number of hydrogen-bond acceptors (Lipinski definition) is 7. The molecule has 2 aromatic rings. The highest BCUT2D eigenvalue weighted by atomic mass is 19.4. The van der Waals surface area contributed by atoms with Crippen LogP contribution in [0.1, 0.15) is 17.9 Å². The van der Waals surface area contributed by atoms with Gasteiger partial charge >= 0.3 is 24.3 Å². The molecule has 4 rings (SSSR count). The van der Waals surface area contributed by atoms with Gasteiger partial charge in [-0.15, -0.1) is 0 Å². The summed E-state index contributed by atoms with van der Waals surface area (Å²) in [6.07, 6.45) is -3.27. The van der Waals surface area contributed by atoms with Crippen molar-refractivity contribution < 1.29 is 55.6 Å². The molecule has 0 saturated carbocycles. The number of nitrogens with zero attached hydrogens (tertiary/aromatic N) is 4. The van der Waals surface area contributed by atoms with E-state index < -0.39 is 24.3 Å². The fourth-order valence-corrected chi connectivity index (χ4v) is 3.58. The molecular weight excluding hydrogens is 530 g/mol. The maximum absolute atomic E-state index is 10.6. The van der Waals surface area contributed by atoms with Crippen molar-refractivity contribution in [3.05, 3.63) is 48.3 Å². The monoisotopic (exact) mass is 556 g/mol. The van der Waals surface area contributed by atoms with Gasteiger partial charge in [-0.1, -0.05) is 6.07 Å². The molecule has 2 atom stereocenters. The smallest absolute Gasteiger partial charge is 0.475 e. The number of fused-ring (bicyclic) bond motifs is 1. The van der Waals surface area contributed by atoms with Gasteiger partial charge in [-0.2, -0.15) is 26.3 Å². The van der Waals surface area contributed by atoms with Gasteiger partial charge in [0.2, 0.25) is 0 Å².